The maximum atomic E-state index is 5.75. The number of hydrogen-bond donors (Lipinski definition) is 1. The number of H-pyrrole nitrogens is 1. The van der Waals surface area contributed by atoms with Crippen molar-refractivity contribution in [3.8, 4) is 17.0 Å². The first-order valence-corrected chi connectivity index (χ1v) is 6.19. The van der Waals surface area contributed by atoms with Gasteiger partial charge in [-0.25, -0.2) is 4.98 Å². The van der Waals surface area contributed by atoms with Gasteiger partial charge in [-0.1, -0.05) is 15.9 Å². The lowest BCUT2D eigenvalue weighted by molar-refractivity contribution is 0.284. The van der Waals surface area contributed by atoms with Gasteiger partial charge in [0.2, 0.25) is 0 Å². The molecule has 0 saturated carbocycles. The molecule has 0 bridgehead atoms. The van der Waals surface area contributed by atoms with Gasteiger partial charge in [0.25, 0.3) is 0 Å². The molecule has 2 aromatic rings. The van der Waals surface area contributed by atoms with Gasteiger partial charge in [-0.05, 0) is 24.8 Å². The van der Waals surface area contributed by atoms with Crippen LogP contribution in [0.1, 0.15) is 0 Å². The minimum absolute atomic E-state index is 0.582. The number of rotatable bonds is 4. The van der Waals surface area contributed by atoms with Gasteiger partial charge < -0.3 is 14.6 Å². The van der Waals surface area contributed by atoms with E-state index >= 15 is 0 Å². The Labute approximate surface area is 114 Å². The van der Waals surface area contributed by atoms with E-state index in [1.165, 1.54) is 0 Å². The highest BCUT2D eigenvalue weighted by molar-refractivity contribution is 9.10. The molecule has 0 saturated heterocycles. The minimum Gasteiger partial charge on any atom is -0.441 e. The van der Waals surface area contributed by atoms with Crippen molar-refractivity contribution >= 4 is 15.9 Å². The van der Waals surface area contributed by atoms with Gasteiger partial charge in [-0.3, -0.25) is 0 Å². The van der Waals surface area contributed by atoms with Crippen molar-refractivity contribution in [2.75, 3.05) is 14.1 Å². The lowest BCUT2D eigenvalue weighted by Crippen LogP contribution is -2.15. The number of halogens is 1. The van der Waals surface area contributed by atoms with E-state index in [4.69, 9.17) is 4.74 Å². The lowest BCUT2D eigenvalue weighted by atomic mass is 10.1. The van der Waals surface area contributed by atoms with Crippen molar-refractivity contribution < 1.29 is 4.74 Å². The normalized spacial score (nSPS) is 10.2. The van der Waals surface area contributed by atoms with Crippen molar-refractivity contribution in [2.24, 2.45) is 0 Å². The average Bonchev–Trinajstić information content (AvgIpc) is 2.84. The van der Waals surface area contributed by atoms with Crippen LogP contribution in [0.3, 0.4) is 0 Å². The molecular weight excluding hydrogens is 294 g/mol. The Balaban J connectivity index is 2.38. The summed E-state index contributed by atoms with van der Waals surface area (Å²) in [6.45, 7) is 3.86. The van der Waals surface area contributed by atoms with Crippen molar-refractivity contribution in [2.45, 2.75) is 0 Å². The average molecular weight is 308 g/mol. The molecule has 5 heteroatoms. The predicted molar refractivity (Wildman–Crippen MR) is 75.2 cm³/mol. The van der Waals surface area contributed by atoms with Crippen LogP contribution < -0.4 is 4.74 Å². The van der Waals surface area contributed by atoms with Crippen LogP contribution in [0.4, 0.5) is 0 Å². The molecule has 1 aromatic heterocycles. The molecule has 0 spiro atoms. The van der Waals surface area contributed by atoms with E-state index in [1.807, 2.05) is 37.2 Å². The number of aromatic nitrogens is 2. The molecule has 94 valence electrons. The van der Waals surface area contributed by atoms with Crippen LogP contribution in [0.15, 0.2) is 47.7 Å². The summed E-state index contributed by atoms with van der Waals surface area (Å²) in [6, 6.07) is 5.80. The number of nitrogens with one attached hydrogen (secondary N) is 1. The van der Waals surface area contributed by atoms with Crippen LogP contribution in [0, 0.1) is 0 Å². The van der Waals surface area contributed by atoms with E-state index in [0.717, 1.165) is 21.5 Å². The second kappa shape index (κ2) is 5.27. The molecule has 2 rings (SSSR count). The van der Waals surface area contributed by atoms with Gasteiger partial charge >= 0.3 is 0 Å². The fourth-order valence-corrected chi connectivity index (χ4v) is 1.78. The van der Waals surface area contributed by atoms with Gasteiger partial charge in [0.05, 0.1) is 18.2 Å². The third kappa shape index (κ3) is 2.73. The van der Waals surface area contributed by atoms with Crippen LogP contribution in [-0.4, -0.2) is 29.0 Å². The summed E-state index contributed by atoms with van der Waals surface area (Å²) >= 11 is 3.45. The molecule has 18 heavy (non-hydrogen) atoms. The molecule has 1 aromatic carbocycles. The molecule has 0 aliphatic carbocycles. The van der Waals surface area contributed by atoms with Crippen LogP contribution >= 0.6 is 15.9 Å². The standard InChI is InChI=1S/C13H14BrN3O/c1-9(17(2)3)18-13-5-4-10(14)6-11(13)12-7-15-8-16-12/h4-8H,1H2,2-3H3,(H,15,16). The first-order valence-electron chi connectivity index (χ1n) is 5.40. The maximum absolute atomic E-state index is 5.75. The second-order valence-electron chi connectivity index (χ2n) is 4.00. The Hall–Kier alpha value is -1.75. The summed E-state index contributed by atoms with van der Waals surface area (Å²) in [4.78, 5) is 8.91. The summed E-state index contributed by atoms with van der Waals surface area (Å²) in [5, 5.41) is 0. The highest BCUT2D eigenvalue weighted by Gasteiger charge is 2.10. The zero-order valence-corrected chi connectivity index (χ0v) is 11.9. The third-order valence-electron chi connectivity index (χ3n) is 2.46. The summed E-state index contributed by atoms with van der Waals surface area (Å²) in [5.74, 6) is 1.32. The number of ether oxygens (including phenoxy) is 1. The van der Waals surface area contributed by atoms with Crippen LogP contribution in [-0.2, 0) is 0 Å². The first kappa shape index (κ1) is 12.7. The van der Waals surface area contributed by atoms with Gasteiger partial charge in [0.1, 0.15) is 5.75 Å². The molecule has 1 heterocycles. The zero-order valence-electron chi connectivity index (χ0n) is 10.3. The predicted octanol–water partition coefficient (Wildman–Crippen LogP) is 3.25. The van der Waals surface area contributed by atoms with Crippen LogP contribution in [0.5, 0.6) is 5.75 Å². The molecule has 0 amide bonds. The molecule has 0 aliphatic heterocycles. The Kier molecular flexibility index (Phi) is 3.72. The molecule has 0 unspecified atom stereocenters. The largest absolute Gasteiger partial charge is 0.441 e. The summed E-state index contributed by atoms with van der Waals surface area (Å²) in [5.41, 5.74) is 1.84. The van der Waals surface area contributed by atoms with E-state index in [0.29, 0.717) is 5.88 Å². The Morgan fingerprint density at radius 2 is 2.22 bits per heavy atom. The number of hydrogen-bond acceptors (Lipinski definition) is 3. The van der Waals surface area contributed by atoms with E-state index in [9.17, 15) is 0 Å². The number of aromatic amines is 1. The van der Waals surface area contributed by atoms with E-state index in [-0.39, 0.29) is 0 Å². The molecule has 0 atom stereocenters. The van der Waals surface area contributed by atoms with Crippen molar-refractivity contribution in [3.05, 3.63) is 47.7 Å². The zero-order chi connectivity index (χ0) is 13.1. The third-order valence-corrected chi connectivity index (χ3v) is 2.95. The van der Waals surface area contributed by atoms with Crippen molar-refractivity contribution in [1.82, 2.24) is 14.9 Å². The first-order chi connectivity index (χ1) is 8.58. The van der Waals surface area contributed by atoms with Gasteiger partial charge in [0, 0.05) is 24.1 Å². The summed E-state index contributed by atoms with van der Waals surface area (Å²) < 4.78 is 6.73. The molecular formula is C13H14BrN3O. The van der Waals surface area contributed by atoms with E-state index in [2.05, 4.69) is 32.5 Å². The SMILES string of the molecule is C=C(Oc1ccc(Br)cc1-c1cnc[nH]1)N(C)C. The van der Waals surface area contributed by atoms with E-state index < -0.39 is 0 Å². The molecule has 1 N–H and O–H groups in total. The number of nitrogens with zero attached hydrogens (tertiary/aromatic N) is 2. The van der Waals surface area contributed by atoms with Crippen LogP contribution in [0.25, 0.3) is 11.3 Å². The fourth-order valence-electron chi connectivity index (χ4n) is 1.42. The van der Waals surface area contributed by atoms with Gasteiger partial charge in [-0.15, -0.1) is 0 Å². The van der Waals surface area contributed by atoms with E-state index in [1.54, 1.807) is 12.5 Å². The monoisotopic (exact) mass is 307 g/mol. The number of benzene rings is 1. The highest BCUT2D eigenvalue weighted by atomic mass is 79.9. The second-order valence-corrected chi connectivity index (χ2v) is 4.91. The fraction of sp³-hybridized carbons (Fsp3) is 0.154. The maximum Gasteiger partial charge on any atom is 0.188 e. The highest BCUT2D eigenvalue weighted by Crippen LogP contribution is 2.32. The lowest BCUT2D eigenvalue weighted by Gasteiger charge is -2.18. The molecule has 0 aliphatic rings. The Bertz CT molecular complexity index is 549. The van der Waals surface area contributed by atoms with Crippen molar-refractivity contribution in [1.29, 1.82) is 0 Å². The molecule has 0 radical (unpaired) electrons. The van der Waals surface area contributed by atoms with Gasteiger partial charge in [-0.2, -0.15) is 0 Å². The van der Waals surface area contributed by atoms with Gasteiger partial charge in [0.15, 0.2) is 5.88 Å². The minimum atomic E-state index is 0.582. The quantitative estimate of drug-likeness (QED) is 0.882. The van der Waals surface area contributed by atoms with Crippen molar-refractivity contribution in [3.63, 3.8) is 0 Å². The summed E-state index contributed by atoms with van der Waals surface area (Å²) in [6.07, 6.45) is 3.40. The Morgan fingerprint density at radius 1 is 1.44 bits per heavy atom. The summed E-state index contributed by atoms with van der Waals surface area (Å²) in [7, 11) is 3.77. The molecule has 4 nitrogen and oxygen atoms in total. The smallest absolute Gasteiger partial charge is 0.188 e. The molecule has 0 fully saturated rings. The Morgan fingerprint density at radius 3 is 2.83 bits per heavy atom. The number of imidazole rings is 1. The van der Waals surface area contributed by atoms with Crippen LogP contribution in [0.2, 0.25) is 0 Å². The topological polar surface area (TPSA) is 41.1 Å².